The second-order valence-corrected chi connectivity index (χ2v) is 4.98. The second kappa shape index (κ2) is 6.37. The van der Waals surface area contributed by atoms with Gasteiger partial charge in [-0.2, -0.15) is 0 Å². The maximum Gasteiger partial charge on any atom is 0.217 e. The van der Waals surface area contributed by atoms with Crippen LogP contribution in [-0.2, 0) is 11.2 Å². The number of benzene rings is 1. The van der Waals surface area contributed by atoms with E-state index in [-0.39, 0.29) is 11.9 Å². The van der Waals surface area contributed by atoms with Crippen LogP contribution in [0.2, 0.25) is 0 Å². The summed E-state index contributed by atoms with van der Waals surface area (Å²) in [6.07, 6.45) is 5.86. The topological polar surface area (TPSA) is 46.9 Å². The quantitative estimate of drug-likeness (QED) is 0.908. The predicted molar refractivity (Wildman–Crippen MR) is 79.8 cm³/mol. The highest BCUT2D eigenvalue weighted by molar-refractivity contribution is 5.73. The van der Waals surface area contributed by atoms with Gasteiger partial charge < -0.3 is 9.88 Å². The van der Waals surface area contributed by atoms with Crippen molar-refractivity contribution in [2.24, 2.45) is 0 Å². The minimum Gasteiger partial charge on any atom is -0.350 e. The Morgan fingerprint density at radius 2 is 2.05 bits per heavy atom. The van der Waals surface area contributed by atoms with E-state index in [1.165, 1.54) is 6.92 Å². The lowest BCUT2D eigenvalue weighted by molar-refractivity contribution is -0.119. The normalized spacial score (nSPS) is 12.2. The van der Waals surface area contributed by atoms with E-state index in [4.69, 9.17) is 0 Å². The fraction of sp³-hybridized carbons (Fsp3) is 0.375. The molecule has 1 aromatic carbocycles. The summed E-state index contributed by atoms with van der Waals surface area (Å²) in [4.78, 5) is 15.5. The van der Waals surface area contributed by atoms with Gasteiger partial charge >= 0.3 is 0 Å². The van der Waals surface area contributed by atoms with Crippen LogP contribution in [0.1, 0.15) is 44.6 Å². The van der Waals surface area contributed by atoms with E-state index in [1.54, 1.807) is 0 Å². The number of imidazole rings is 1. The zero-order valence-corrected chi connectivity index (χ0v) is 12.3. The monoisotopic (exact) mass is 271 g/mol. The first-order valence-corrected chi connectivity index (χ1v) is 7.01. The molecule has 0 bridgehead atoms. The first-order valence-electron chi connectivity index (χ1n) is 7.01. The average Bonchev–Trinajstić information content (AvgIpc) is 2.87. The molecule has 1 aromatic heterocycles. The van der Waals surface area contributed by atoms with Gasteiger partial charge in [-0.25, -0.2) is 4.98 Å². The predicted octanol–water partition coefficient (Wildman–Crippen LogP) is 3.02. The van der Waals surface area contributed by atoms with Gasteiger partial charge in [-0.15, -0.1) is 0 Å². The van der Waals surface area contributed by atoms with Crippen LogP contribution in [-0.4, -0.2) is 15.5 Å². The number of hydrogen-bond donors (Lipinski definition) is 1. The molecule has 2 rings (SSSR count). The van der Waals surface area contributed by atoms with Gasteiger partial charge in [0.05, 0.1) is 6.04 Å². The largest absolute Gasteiger partial charge is 0.350 e. The zero-order chi connectivity index (χ0) is 14.5. The molecule has 2 aromatic rings. The second-order valence-electron chi connectivity index (χ2n) is 4.98. The Bertz CT molecular complexity index is 572. The van der Waals surface area contributed by atoms with Crippen molar-refractivity contribution in [3.8, 4) is 5.69 Å². The van der Waals surface area contributed by atoms with Crippen LogP contribution in [0, 0.1) is 0 Å². The number of aryl methyl sites for hydroxylation is 1. The van der Waals surface area contributed by atoms with E-state index in [0.29, 0.717) is 0 Å². The smallest absolute Gasteiger partial charge is 0.217 e. The molecule has 0 aliphatic rings. The van der Waals surface area contributed by atoms with Crippen molar-refractivity contribution in [2.45, 2.75) is 39.7 Å². The lowest BCUT2D eigenvalue weighted by Crippen LogP contribution is -2.23. The molecule has 0 aliphatic carbocycles. The number of amides is 1. The van der Waals surface area contributed by atoms with Gasteiger partial charge in [0.2, 0.25) is 5.91 Å². The molecule has 106 valence electrons. The van der Waals surface area contributed by atoms with Gasteiger partial charge in [0.1, 0.15) is 5.82 Å². The Balaban J connectivity index is 2.19. The Morgan fingerprint density at radius 1 is 1.35 bits per heavy atom. The molecule has 0 radical (unpaired) electrons. The third kappa shape index (κ3) is 3.26. The highest BCUT2D eigenvalue weighted by Gasteiger charge is 2.08. The van der Waals surface area contributed by atoms with Crippen LogP contribution < -0.4 is 5.32 Å². The van der Waals surface area contributed by atoms with Gasteiger partial charge in [-0.3, -0.25) is 4.79 Å². The Labute approximate surface area is 119 Å². The SMILES string of the molecule is CCCc1nccn1-c1ccc(C(C)NC(C)=O)cc1. The Morgan fingerprint density at radius 3 is 2.65 bits per heavy atom. The minimum atomic E-state index is -0.0126. The summed E-state index contributed by atoms with van der Waals surface area (Å²) in [7, 11) is 0. The van der Waals surface area contributed by atoms with Crippen LogP contribution in [0.15, 0.2) is 36.7 Å². The molecule has 1 heterocycles. The van der Waals surface area contributed by atoms with E-state index in [1.807, 2.05) is 31.5 Å². The molecule has 0 fully saturated rings. The number of nitrogens with one attached hydrogen (secondary N) is 1. The van der Waals surface area contributed by atoms with Crippen molar-refractivity contribution in [3.63, 3.8) is 0 Å². The lowest BCUT2D eigenvalue weighted by Gasteiger charge is -2.14. The van der Waals surface area contributed by atoms with Gasteiger partial charge in [0.25, 0.3) is 0 Å². The highest BCUT2D eigenvalue weighted by Crippen LogP contribution is 2.17. The summed E-state index contributed by atoms with van der Waals surface area (Å²) in [5.41, 5.74) is 2.20. The molecule has 4 heteroatoms. The van der Waals surface area contributed by atoms with Gasteiger partial charge in [0, 0.05) is 31.4 Å². The molecule has 4 nitrogen and oxygen atoms in total. The van der Waals surface area contributed by atoms with Crippen molar-refractivity contribution >= 4 is 5.91 Å². The molecule has 1 atom stereocenters. The first kappa shape index (κ1) is 14.3. The summed E-state index contributed by atoms with van der Waals surface area (Å²) < 4.78 is 2.11. The summed E-state index contributed by atoms with van der Waals surface area (Å²) in [6.45, 7) is 5.67. The number of nitrogens with zero attached hydrogens (tertiary/aromatic N) is 2. The number of carbonyl (C=O) groups excluding carboxylic acids is 1. The van der Waals surface area contributed by atoms with E-state index in [0.717, 1.165) is 29.9 Å². The molecule has 20 heavy (non-hydrogen) atoms. The average molecular weight is 271 g/mol. The number of rotatable bonds is 5. The highest BCUT2D eigenvalue weighted by atomic mass is 16.1. The lowest BCUT2D eigenvalue weighted by atomic mass is 10.1. The van der Waals surface area contributed by atoms with E-state index in [2.05, 4.69) is 33.9 Å². The minimum absolute atomic E-state index is 0.0126. The standard InChI is InChI=1S/C16H21N3O/c1-4-5-16-17-10-11-19(16)15-8-6-14(7-9-15)12(2)18-13(3)20/h6-12H,4-5H2,1-3H3,(H,18,20). The fourth-order valence-corrected chi connectivity index (χ4v) is 2.29. The molecular weight excluding hydrogens is 250 g/mol. The van der Waals surface area contributed by atoms with Crippen molar-refractivity contribution in [1.29, 1.82) is 0 Å². The summed E-state index contributed by atoms with van der Waals surface area (Å²) >= 11 is 0. The van der Waals surface area contributed by atoms with Gasteiger partial charge in [-0.1, -0.05) is 19.1 Å². The molecule has 1 amide bonds. The van der Waals surface area contributed by atoms with E-state index >= 15 is 0 Å². The number of aromatic nitrogens is 2. The molecule has 1 unspecified atom stereocenters. The summed E-state index contributed by atoms with van der Waals surface area (Å²) in [5, 5.41) is 2.89. The van der Waals surface area contributed by atoms with Crippen LogP contribution in [0.5, 0.6) is 0 Å². The van der Waals surface area contributed by atoms with E-state index in [9.17, 15) is 4.79 Å². The molecular formula is C16H21N3O. The Hall–Kier alpha value is -2.10. The fourth-order valence-electron chi connectivity index (χ4n) is 2.29. The molecule has 0 spiro atoms. The van der Waals surface area contributed by atoms with Crippen LogP contribution >= 0.6 is 0 Å². The van der Waals surface area contributed by atoms with E-state index < -0.39 is 0 Å². The van der Waals surface area contributed by atoms with Crippen LogP contribution in [0.25, 0.3) is 5.69 Å². The third-order valence-electron chi connectivity index (χ3n) is 3.28. The van der Waals surface area contributed by atoms with Gasteiger partial charge in [0.15, 0.2) is 0 Å². The summed E-state index contributed by atoms with van der Waals surface area (Å²) in [6, 6.07) is 8.25. The first-order chi connectivity index (χ1) is 9.61. The molecule has 0 saturated carbocycles. The zero-order valence-electron chi connectivity index (χ0n) is 12.3. The number of carbonyl (C=O) groups is 1. The maximum absolute atomic E-state index is 11.1. The Kier molecular flexibility index (Phi) is 4.56. The van der Waals surface area contributed by atoms with Crippen LogP contribution in [0.3, 0.4) is 0 Å². The van der Waals surface area contributed by atoms with Crippen molar-refractivity contribution in [1.82, 2.24) is 14.9 Å². The van der Waals surface area contributed by atoms with Crippen molar-refractivity contribution < 1.29 is 4.79 Å². The van der Waals surface area contributed by atoms with Crippen LogP contribution in [0.4, 0.5) is 0 Å². The maximum atomic E-state index is 11.1. The summed E-state index contributed by atoms with van der Waals surface area (Å²) in [5.74, 6) is 1.07. The molecule has 0 aliphatic heterocycles. The van der Waals surface area contributed by atoms with Crippen molar-refractivity contribution in [3.05, 3.63) is 48.0 Å². The number of hydrogen-bond acceptors (Lipinski definition) is 2. The van der Waals surface area contributed by atoms with Crippen molar-refractivity contribution in [2.75, 3.05) is 0 Å². The third-order valence-corrected chi connectivity index (χ3v) is 3.28. The molecule has 1 N–H and O–H groups in total. The van der Waals surface area contributed by atoms with Gasteiger partial charge in [-0.05, 0) is 31.0 Å². The molecule has 0 saturated heterocycles.